The van der Waals surface area contributed by atoms with E-state index < -0.39 is 0 Å². The molecule has 0 bridgehead atoms. The van der Waals surface area contributed by atoms with Crippen LogP contribution in [0.15, 0.2) is 24.3 Å². The second-order valence-corrected chi connectivity index (χ2v) is 5.70. The summed E-state index contributed by atoms with van der Waals surface area (Å²) in [4.78, 5) is 0. The van der Waals surface area contributed by atoms with Crippen LogP contribution in [0.1, 0.15) is 70.4 Å². The van der Waals surface area contributed by atoms with E-state index in [-0.39, 0.29) is 0 Å². The molecule has 0 saturated carbocycles. The molecule has 19 heavy (non-hydrogen) atoms. The number of unbranched alkanes of at least 4 members (excludes halogenated alkanes) is 4. The van der Waals surface area contributed by atoms with E-state index in [0.717, 1.165) is 11.6 Å². The summed E-state index contributed by atoms with van der Waals surface area (Å²) < 4.78 is 0. The molecule has 0 aliphatic carbocycles. The SMILES string of the molecule is CCCCCCCC(NCCC)c1ccc(Cl)cc1. The molecule has 1 N–H and O–H groups in total. The van der Waals surface area contributed by atoms with Crippen LogP contribution in [0.25, 0.3) is 0 Å². The van der Waals surface area contributed by atoms with Gasteiger partial charge in [0.05, 0.1) is 0 Å². The van der Waals surface area contributed by atoms with Gasteiger partial charge in [0.1, 0.15) is 0 Å². The molecule has 0 heterocycles. The molecular formula is C17H28ClN. The fourth-order valence-electron chi connectivity index (χ4n) is 2.35. The van der Waals surface area contributed by atoms with Crippen molar-refractivity contribution in [3.8, 4) is 0 Å². The Morgan fingerprint density at radius 2 is 1.63 bits per heavy atom. The summed E-state index contributed by atoms with van der Waals surface area (Å²) >= 11 is 5.96. The second-order valence-electron chi connectivity index (χ2n) is 5.26. The average molecular weight is 282 g/mol. The number of halogens is 1. The molecule has 1 aromatic rings. The molecule has 0 aliphatic rings. The molecule has 108 valence electrons. The lowest BCUT2D eigenvalue weighted by atomic mass is 9.99. The van der Waals surface area contributed by atoms with Crippen molar-refractivity contribution < 1.29 is 0 Å². The van der Waals surface area contributed by atoms with Crippen LogP contribution in [0.3, 0.4) is 0 Å². The van der Waals surface area contributed by atoms with Gasteiger partial charge in [-0.2, -0.15) is 0 Å². The van der Waals surface area contributed by atoms with Gasteiger partial charge in [0, 0.05) is 11.1 Å². The van der Waals surface area contributed by atoms with Gasteiger partial charge in [-0.15, -0.1) is 0 Å². The van der Waals surface area contributed by atoms with Gasteiger partial charge in [-0.1, -0.05) is 69.7 Å². The van der Waals surface area contributed by atoms with Crippen molar-refractivity contribution in [2.24, 2.45) is 0 Å². The Labute approximate surface area is 123 Å². The zero-order valence-corrected chi connectivity index (χ0v) is 13.2. The first-order valence-electron chi connectivity index (χ1n) is 7.76. The Bertz CT molecular complexity index is 321. The molecule has 0 aliphatic heterocycles. The zero-order valence-electron chi connectivity index (χ0n) is 12.4. The molecular weight excluding hydrogens is 254 g/mol. The molecule has 1 atom stereocenters. The maximum Gasteiger partial charge on any atom is 0.0406 e. The van der Waals surface area contributed by atoms with E-state index >= 15 is 0 Å². The Kier molecular flexibility index (Phi) is 8.94. The average Bonchev–Trinajstić information content (AvgIpc) is 2.43. The molecule has 1 unspecified atom stereocenters. The van der Waals surface area contributed by atoms with E-state index in [1.165, 1.54) is 50.5 Å². The molecule has 0 aromatic heterocycles. The van der Waals surface area contributed by atoms with Crippen molar-refractivity contribution in [1.82, 2.24) is 5.32 Å². The molecule has 0 fully saturated rings. The van der Waals surface area contributed by atoms with Crippen LogP contribution in [-0.4, -0.2) is 6.54 Å². The van der Waals surface area contributed by atoms with Gasteiger partial charge in [0.15, 0.2) is 0 Å². The molecule has 0 saturated heterocycles. The van der Waals surface area contributed by atoms with E-state index in [9.17, 15) is 0 Å². The fraction of sp³-hybridized carbons (Fsp3) is 0.647. The first-order valence-corrected chi connectivity index (χ1v) is 8.14. The van der Waals surface area contributed by atoms with E-state index in [1.807, 2.05) is 12.1 Å². The smallest absolute Gasteiger partial charge is 0.0406 e. The lowest BCUT2D eigenvalue weighted by Crippen LogP contribution is -2.22. The molecule has 0 amide bonds. The number of hydrogen-bond acceptors (Lipinski definition) is 1. The fourth-order valence-corrected chi connectivity index (χ4v) is 2.48. The van der Waals surface area contributed by atoms with Crippen molar-refractivity contribution >= 4 is 11.6 Å². The molecule has 2 heteroatoms. The van der Waals surface area contributed by atoms with Crippen LogP contribution in [0.4, 0.5) is 0 Å². The normalized spacial score (nSPS) is 12.6. The highest BCUT2D eigenvalue weighted by molar-refractivity contribution is 6.30. The van der Waals surface area contributed by atoms with Gasteiger partial charge in [-0.25, -0.2) is 0 Å². The molecule has 1 nitrogen and oxygen atoms in total. The van der Waals surface area contributed by atoms with Crippen LogP contribution >= 0.6 is 11.6 Å². The summed E-state index contributed by atoms with van der Waals surface area (Å²) in [6.45, 7) is 5.56. The highest BCUT2D eigenvalue weighted by atomic mass is 35.5. The predicted octanol–water partition coefficient (Wildman–Crippen LogP) is 5.74. The van der Waals surface area contributed by atoms with E-state index in [0.29, 0.717) is 6.04 Å². The zero-order chi connectivity index (χ0) is 13.9. The lowest BCUT2D eigenvalue weighted by molar-refractivity contribution is 0.468. The molecule has 0 spiro atoms. The Balaban J connectivity index is 2.44. The van der Waals surface area contributed by atoms with Gasteiger partial charge in [-0.05, 0) is 37.1 Å². The van der Waals surface area contributed by atoms with Gasteiger partial charge in [0.2, 0.25) is 0 Å². The monoisotopic (exact) mass is 281 g/mol. The standard InChI is InChI=1S/C17H28ClN/c1-3-5-6-7-8-9-17(19-14-4-2)15-10-12-16(18)13-11-15/h10-13,17,19H,3-9,14H2,1-2H3. The highest BCUT2D eigenvalue weighted by Crippen LogP contribution is 2.22. The van der Waals surface area contributed by atoms with Crippen LogP contribution < -0.4 is 5.32 Å². The van der Waals surface area contributed by atoms with Gasteiger partial charge < -0.3 is 5.32 Å². The minimum absolute atomic E-state index is 0.485. The number of nitrogens with one attached hydrogen (secondary N) is 1. The van der Waals surface area contributed by atoms with Gasteiger partial charge >= 0.3 is 0 Å². The van der Waals surface area contributed by atoms with Crippen molar-refractivity contribution in [1.29, 1.82) is 0 Å². The van der Waals surface area contributed by atoms with Crippen LogP contribution in [0, 0.1) is 0 Å². The Morgan fingerprint density at radius 3 is 2.26 bits per heavy atom. The van der Waals surface area contributed by atoms with Gasteiger partial charge in [-0.3, -0.25) is 0 Å². The third kappa shape index (κ3) is 6.98. The summed E-state index contributed by atoms with van der Waals surface area (Å²) in [6, 6.07) is 8.78. The third-order valence-corrected chi connectivity index (χ3v) is 3.76. The molecule has 1 rings (SSSR count). The first kappa shape index (κ1) is 16.5. The quantitative estimate of drug-likeness (QED) is 0.539. The summed E-state index contributed by atoms with van der Waals surface area (Å²) in [5.41, 5.74) is 1.37. The number of benzene rings is 1. The van der Waals surface area contributed by atoms with Crippen LogP contribution in [0.2, 0.25) is 5.02 Å². The topological polar surface area (TPSA) is 12.0 Å². The summed E-state index contributed by atoms with van der Waals surface area (Å²) in [5.74, 6) is 0. The second kappa shape index (κ2) is 10.3. The van der Waals surface area contributed by atoms with Crippen molar-refractivity contribution in [3.63, 3.8) is 0 Å². The molecule has 1 aromatic carbocycles. The van der Waals surface area contributed by atoms with Crippen molar-refractivity contribution in [2.75, 3.05) is 6.54 Å². The molecule has 0 radical (unpaired) electrons. The highest BCUT2D eigenvalue weighted by Gasteiger charge is 2.09. The lowest BCUT2D eigenvalue weighted by Gasteiger charge is -2.19. The summed E-state index contributed by atoms with van der Waals surface area (Å²) in [5, 5.41) is 4.47. The number of hydrogen-bond donors (Lipinski definition) is 1. The largest absolute Gasteiger partial charge is 0.310 e. The van der Waals surface area contributed by atoms with E-state index in [4.69, 9.17) is 11.6 Å². The first-order chi connectivity index (χ1) is 9.27. The summed E-state index contributed by atoms with van der Waals surface area (Å²) in [6.07, 6.45) is 9.13. The Hall–Kier alpha value is -0.530. The van der Waals surface area contributed by atoms with E-state index in [2.05, 4.69) is 31.3 Å². The minimum Gasteiger partial charge on any atom is -0.310 e. The van der Waals surface area contributed by atoms with E-state index in [1.54, 1.807) is 0 Å². The summed E-state index contributed by atoms with van der Waals surface area (Å²) in [7, 11) is 0. The third-order valence-electron chi connectivity index (χ3n) is 3.51. The predicted molar refractivity (Wildman–Crippen MR) is 85.9 cm³/mol. The van der Waals surface area contributed by atoms with Crippen LogP contribution in [-0.2, 0) is 0 Å². The van der Waals surface area contributed by atoms with Crippen LogP contribution in [0.5, 0.6) is 0 Å². The maximum absolute atomic E-state index is 5.96. The van der Waals surface area contributed by atoms with Crippen molar-refractivity contribution in [3.05, 3.63) is 34.9 Å². The Morgan fingerprint density at radius 1 is 0.947 bits per heavy atom. The maximum atomic E-state index is 5.96. The number of rotatable bonds is 10. The van der Waals surface area contributed by atoms with Gasteiger partial charge in [0.25, 0.3) is 0 Å². The minimum atomic E-state index is 0.485. The van der Waals surface area contributed by atoms with Crippen molar-refractivity contribution in [2.45, 2.75) is 64.8 Å².